The van der Waals surface area contributed by atoms with E-state index in [4.69, 9.17) is 5.11 Å². The van der Waals surface area contributed by atoms with Crippen molar-refractivity contribution in [2.45, 2.75) is 18.8 Å². The first-order valence-corrected chi connectivity index (χ1v) is 4.54. The molecule has 0 saturated heterocycles. The molecule has 1 N–H and O–H groups in total. The number of aliphatic hydroxyl groups is 1. The number of hydrogen-bond donors (Lipinski definition) is 1. The molecule has 2 nitrogen and oxygen atoms in total. The van der Waals surface area contributed by atoms with E-state index in [1.807, 2.05) is 24.3 Å². The second-order valence-corrected chi connectivity index (χ2v) is 3.40. The molecule has 0 bridgehead atoms. The fourth-order valence-corrected chi connectivity index (χ4v) is 1.91. The van der Waals surface area contributed by atoms with Crippen molar-refractivity contribution in [3.05, 3.63) is 35.4 Å². The number of benzene rings is 1. The Balaban J connectivity index is 2.45. The van der Waals surface area contributed by atoms with Crippen molar-refractivity contribution in [1.29, 1.82) is 0 Å². The lowest BCUT2D eigenvalue weighted by molar-refractivity contribution is -0.121. The van der Waals surface area contributed by atoms with Gasteiger partial charge in [-0.25, -0.2) is 0 Å². The Morgan fingerprint density at radius 3 is 2.85 bits per heavy atom. The molecule has 1 aromatic carbocycles. The molecule has 0 spiro atoms. The van der Waals surface area contributed by atoms with E-state index in [9.17, 15) is 4.79 Å². The van der Waals surface area contributed by atoms with Crippen molar-refractivity contribution in [2.75, 3.05) is 6.61 Å². The number of aliphatic hydroxyl groups excluding tert-OH is 1. The zero-order chi connectivity index (χ0) is 9.26. The summed E-state index contributed by atoms with van der Waals surface area (Å²) in [5.41, 5.74) is 2.22. The number of aryl methyl sites for hydroxylation is 1. The smallest absolute Gasteiger partial charge is 0.142 e. The zero-order valence-electron chi connectivity index (χ0n) is 7.36. The molecule has 13 heavy (non-hydrogen) atoms. The van der Waals surface area contributed by atoms with Crippen molar-refractivity contribution in [2.24, 2.45) is 0 Å². The van der Waals surface area contributed by atoms with Crippen LogP contribution in [0, 0.1) is 0 Å². The quantitative estimate of drug-likeness (QED) is 0.699. The Bertz CT molecular complexity index is 331. The highest BCUT2D eigenvalue weighted by molar-refractivity contribution is 5.88. The Hall–Kier alpha value is -1.15. The number of carbonyl (C=O) groups is 1. The Kier molecular flexibility index (Phi) is 2.15. The number of fused-ring (bicyclic) bond motifs is 1. The van der Waals surface area contributed by atoms with Crippen LogP contribution in [0.4, 0.5) is 0 Å². The zero-order valence-corrected chi connectivity index (χ0v) is 7.36. The van der Waals surface area contributed by atoms with Gasteiger partial charge in [0.05, 0.1) is 12.5 Å². The molecule has 1 atom stereocenters. The SMILES string of the molecule is O=C1CCc2ccccc2C1CO. The summed E-state index contributed by atoms with van der Waals surface area (Å²) in [7, 11) is 0. The highest BCUT2D eigenvalue weighted by atomic mass is 16.3. The number of hydrogen-bond acceptors (Lipinski definition) is 2. The first kappa shape index (κ1) is 8.45. The minimum absolute atomic E-state index is 0.0597. The van der Waals surface area contributed by atoms with Gasteiger partial charge in [0.25, 0.3) is 0 Å². The van der Waals surface area contributed by atoms with E-state index in [2.05, 4.69) is 0 Å². The minimum Gasteiger partial charge on any atom is -0.395 e. The van der Waals surface area contributed by atoms with Crippen molar-refractivity contribution in [1.82, 2.24) is 0 Å². The first-order chi connectivity index (χ1) is 6.33. The third kappa shape index (κ3) is 1.38. The summed E-state index contributed by atoms with van der Waals surface area (Å²) in [6, 6.07) is 7.86. The van der Waals surface area contributed by atoms with Gasteiger partial charge in [0.15, 0.2) is 0 Å². The van der Waals surface area contributed by atoms with Crippen LogP contribution in [0.3, 0.4) is 0 Å². The van der Waals surface area contributed by atoms with E-state index in [0.717, 1.165) is 12.0 Å². The van der Waals surface area contributed by atoms with Crippen LogP contribution in [0.25, 0.3) is 0 Å². The van der Waals surface area contributed by atoms with E-state index >= 15 is 0 Å². The normalized spacial score (nSPS) is 21.3. The van der Waals surface area contributed by atoms with Gasteiger partial charge >= 0.3 is 0 Å². The molecular formula is C11H12O2. The van der Waals surface area contributed by atoms with Crippen LogP contribution in [-0.2, 0) is 11.2 Å². The molecule has 1 aliphatic carbocycles. The van der Waals surface area contributed by atoms with E-state index < -0.39 is 0 Å². The molecular weight excluding hydrogens is 164 g/mol. The highest BCUT2D eigenvalue weighted by Gasteiger charge is 2.25. The topological polar surface area (TPSA) is 37.3 Å². The standard InChI is InChI=1S/C11H12O2/c12-7-10-9-4-2-1-3-8(9)5-6-11(10)13/h1-4,10,12H,5-7H2. The van der Waals surface area contributed by atoms with Gasteiger partial charge in [-0.1, -0.05) is 24.3 Å². The maximum absolute atomic E-state index is 11.4. The van der Waals surface area contributed by atoms with Crippen molar-refractivity contribution in [3.8, 4) is 0 Å². The second kappa shape index (κ2) is 3.30. The fraction of sp³-hybridized carbons (Fsp3) is 0.364. The van der Waals surface area contributed by atoms with Crippen LogP contribution >= 0.6 is 0 Å². The van der Waals surface area contributed by atoms with Gasteiger partial charge in [-0.2, -0.15) is 0 Å². The summed E-state index contributed by atoms with van der Waals surface area (Å²) in [6.07, 6.45) is 1.40. The van der Waals surface area contributed by atoms with Gasteiger partial charge in [0.1, 0.15) is 5.78 Å². The minimum atomic E-state index is -0.273. The van der Waals surface area contributed by atoms with Crippen molar-refractivity contribution in [3.63, 3.8) is 0 Å². The molecule has 0 heterocycles. The first-order valence-electron chi connectivity index (χ1n) is 4.54. The molecule has 0 aliphatic heterocycles. The Morgan fingerprint density at radius 1 is 1.31 bits per heavy atom. The van der Waals surface area contributed by atoms with Crippen molar-refractivity contribution >= 4 is 5.78 Å². The van der Waals surface area contributed by atoms with E-state index in [1.165, 1.54) is 5.56 Å². The van der Waals surface area contributed by atoms with Crippen molar-refractivity contribution < 1.29 is 9.90 Å². The lowest BCUT2D eigenvalue weighted by Crippen LogP contribution is -2.23. The summed E-state index contributed by atoms with van der Waals surface area (Å²) in [5.74, 6) is -0.105. The van der Waals surface area contributed by atoms with E-state index in [-0.39, 0.29) is 18.3 Å². The van der Waals surface area contributed by atoms with Gasteiger partial charge in [-0.05, 0) is 17.5 Å². The molecule has 68 valence electrons. The van der Waals surface area contributed by atoms with Crippen LogP contribution in [-0.4, -0.2) is 17.5 Å². The number of ketones is 1. The average molecular weight is 176 g/mol. The lowest BCUT2D eigenvalue weighted by atomic mass is 9.82. The third-order valence-corrected chi connectivity index (χ3v) is 2.64. The Labute approximate surface area is 77.2 Å². The average Bonchev–Trinajstić information content (AvgIpc) is 2.18. The van der Waals surface area contributed by atoms with Gasteiger partial charge < -0.3 is 5.11 Å². The second-order valence-electron chi connectivity index (χ2n) is 3.40. The summed E-state index contributed by atoms with van der Waals surface area (Å²) in [6.45, 7) is -0.0597. The summed E-state index contributed by atoms with van der Waals surface area (Å²) < 4.78 is 0. The molecule has 0 radical (unpaired) electrons. The predicted molar refractivity (Wildman–Crippen MR) is 49.6 cm³/mol. The molecule has 1 aliphatic rings. The van der Waals surface area contributed by atoms with Gasteiger partial charge in [-0.3, -0.25) is 4.79 Å². The monoisotopic (exact) mass is 176 g/mol. The molecule has 0 aromatic heterocycles. The molecule has 0 amide bonds. The summed E-state index contributed by atoms with van der Waals surface area (Å²) in [4.78, 5) is 11.4. The van der Waals surface area contributed by atoms with Gasteiger partial charge in [-0.15, -0.1) is 0 Å². The maximum Gasteiger partial charge on any atom is 0.142 e. The number of rotatable bonds is 1. The van der Waals surface area contributed by atoms with E-state index in [1.54, 1.807) is 0 Å². The van der Waals surface area contributed by atoms with Crippen LogP contribution in [0.15, 0.2) is 24.3 Å². The van der Waals surface area contributed by atoms with E-state index in [0.29, 0.717) is 6.42 Å². The van der Waals surface area contributed by atoms with Gasteiger partial charge in [0, 0.05) is 6.42 Å². The number of carbonyl (C=O) groups excluding carboxylic acids is 1. The number of Topliss-reactive ketones (excluding diaryl/α,β-unsaturated/α-hetero) is 1. The van der Waals surface area contributed by atoms with Gasteiger partial charge in [0.2, 0.25) is 0 Å². The largest absolute Gasteiger partial charge is 0.395 e. The molecule has 0 fully saturated rings. The predicted octanol–water partition coefficient (Wildman–Crippen LogP) is 1.28. The lowest BCUT2D eigenvalue weighted by Gasteiger charge is -2.22. The van der Waals surface area contributed by atoms with Crippen LogP contribution in [0.5, 0.6) is 0 Å². The van der Waals surface area contributed by atoms with Crippen LogP contribution in [0.2, 0.25) is 0 Å². The summed E-state index contributed by atoms with van der Waals surface area (Å²) in [5, 5.41) is 9.09. The summed E-state index contributed by atoms with van der Waals surface area (Å²) >= 11 is 0. The molecule has 0 saturated carbocycles. The van der Waals surface area contributed by atoms with Crippen LogP contribution in [0.1, 0.15) is 23.5 Å². The van der Waals surface area contributed by atoms with Crippen LogP contribution < -0.4 is 0 Å². The third-order valence-electron chi connectivity index (χ3n) is 2.64. The molecule has 2 rings (SSSR count). The maximum atomic E-state index is 11.4. The molecule has 1 unspecified atom stereocenters. The fourth-order valence-electron chi connectivity index (χ4n) is 1.91. The highest BCUT2D eigenvalue weighted by Crippen LogP contribution is 2.28. The molecule has 2 heteroatoms. The Morgan fingerprint density at radius 2 is 2.08 bits per heavy atom. The molecule has 1 aromatic rings.